The Balaban J connectivity index is 2.24. The molecule has 1 unspecified atom stereocenters. The van der Waals surface area contributed by atoms with Gasteiger partial charge in [-0.05, 0) is 37.0 Å². The molecule has 0 aliphatic heterocycles. The standard InChI is InChI=1S/C14H16O2/c1-16-14(15)13-9-5-8-12(10-13)11-6-3-2-4-7-11/h3,5-6,8-11H,2,4,7H2,1H3. The minimum Gasteiger partial charge on any atom is -0.465 e. The van der Waals surface area contributed by atoms with Gasteiger partial charge in [-0.3, -0.25) is 0 Å². The summed E-state index contributed by atoms with van der Waals surface area (Å²) < 4.78 is 4.72. The summed E-state index contributed by atoms with van der Waals surface area (Å²) in [5.74, 6) is 0.194. The van der Waals surface area contributed by atoms with Crippen LogP contribution in [0.3, 0.4) is 0 Å². The molecule has 0 N–H and O–H groups in total. The molecule has 0 spiro atoms. The highest BCUT2D eigenvalue weighted by Crippen LogP contribution is 2.28. The average molecular weight is 216 g/mol. The van der Waals surface area contributed by atoms with E-state index in [1.54, 1.807) is 6.07 Å². The first kappa shape index (κ1) is 10.9. The van der Waals surface area contributed by atoms with Crippen LogP contribution in [0.25, 0.3) is 0 Å². The van der Waals surface area contributed by atoms with Gasteiger partial charge in [0.15, 0.2) is 0 Å². The number of allylic oxidation sites excluding steroid dienone is 2. The number of benzene rings is 1. The maximum Gasteiger partial charge on any atom is 0.337 e. The predicted molar refractivity (Wildman–Crippen MR) is 63.5 cm³/mol. The second-order valence-electron chi connectivity index (χ2n) is 4.08. The van der Waals surface area contributed by atoms with Crippen LogP contribution >= 0.6 is 0 Å². The maximum absolute atomic E-state index is 11.4. The number of methoxy groups -OCH3 is 1. The molecule has 0 saturated carbocycles. The lowest BCUT2D eigenvalue weighted by Crippen LogP contribution is -2.04. The molecule has 1 aliphatic carbocycles. The summed E-state index contributed by atoms with van der Waals surface area (Å²) in [7, 11) is 1.41. The van der Waals surface area contributed by atoms with Crippen molar-refractivity contribution >= 4 is 5.97 Å². The van der Waals surface area contributed by atoms with Gasteiger partial charge in [-0.2, -0.15) is 0 Å². The lowest BCUT2D eigenvalue weighted by Gasteiger charge is -2.17. The first-order chi connectivity index (χ1) is 7.81. The average Bonchev–Trinajstić information content (AvgIpc) is 2.39. The van der Waals surface area contributed by atoms with Crippen LogP contribution in [0.5, 0.6) is 0 Å². The molecule has 2 heteroatoms. The van der Waals surface area contributed by atoms with E-state index in [-0.39, 0.29) is 5.97 Å². The zero-order valence-electron chi connectivity index (χ0n) is 9.48. The topological polar surface area (TPSA) is 26.3 Å². The molecule has 1 atom stereocenters. The van der Waals surface area contributed by atoms with Gasteiger partial charge in [0.25, 0.3) is 0 Å². The van der Waals surface area contributed by atoms with E-state index in [0.29, 0.717) is 11.5 Å². The molecule has 1 aromatic carbocycles. The fraction of sp³-hybridized carbons (Fsp3) is 0.357. The number of hydrogen-bond donors (Lipinski definition) is 0. The van der Waals surface area contributed by atoms with Gasteiger partial charge in [-0.25, -0.2) is 4.79 Å². The molecular weight excluding hydrogens is 200 g/mol. The van der Waals surface area contributed by atoms with Crippen molar-refractivity contribution in [2.24, 2.45) is 0 Å². The summed E-state index contributed by atoms with van der Waals surface area (Å²) in [4.78, 5) is 11.4. The summed E-state index contributed by atoms with van der Waals surface area (Å²) in [6, 6.07) is 7.73. The normalized spacial score (nSPS) is 19.4. The number of hydrogen-bond acceptors (Lipinski definition) is 2. The molecule has 84 valence electrons. The highest BCUT2D eigenvalue weighted by atomic mass is 16.5. The van der Waals surface area contributed by atoms with Gasteiger partial charge in [0.1, 0.15) is 0 Å². The molecule has 0 fully saturated rings. The highest BCUT2D eigenvalue weighted by Gasteiger charge is 2.13. The van der Waals surface area contributed by atoms with Gasteiger partial charge in [0, 0.05) is 5.92 Å². The van der Waals surface area contributed by atoms with E-state index >= 15 is 0 Å². The minimum absolute atomic E-state index is 0.262. The van der Waals surface area contributed by atoms with Crippen LogP contribution in [0, 0.1) is 0 Å². The first-order valence-electron chi connectivity index (χ1n) is 5.66. The Bertz CT molecular complexity index is 407. The van der Waals surface area contributed by atoms with E-state index in [0.717, 1.165) is 0 Å². The third kappa shape index (κ3) is 2.32. The fourth-order valence-electron chi connectivity index (χ4n) is 2.10. The van der Waals surface area contributed by atoms with Crippen molar-refractivity contribution in [3.05, 3.63) is 47.5 Å². The van der Waals surface area contributed by atoms with Gasteiger partial charge >= 0.3 is 5.97 Å². The minimum atomic E-state index is -0.262. The summed E-state index contributed by atoms with van der Waals surface area (Å²) in [6.45, 7) is 0. The predicted octanol–water partition coefficient (Wildman–Crippen LogP) is 3.30. The second kappa shape index (κ2) is 4.97. The summed E-state index contributed by atoms with van der Waals surface area (Å²) in [5.41, 5.74) is 1.85. The Labute approximate surface area is 95.9 Å². The summed E-state index contributed by atoms with van der Waals surface area (Å²) >= 11 is 0. The fourth-order valence-corrected chi connectivity index (χ4v) is 2.10. The molecule has 0 radical (unpaired) electrons. The van der Waals surface area contributed by atoms with Crippen LogP contribution in [-0.2, 0) is 4.74 Å². The molecule has 1 aliphatic rings. The van der Waals surface area contributed by atoms with Crippen LogP contribution < -0.4 is 0 Å². The molecule has 0 bridgehead atoms. The second-order valence-corrected chi connectivity index (χ2v) is 4.08. The van der Waals surface area contributed by atoms with E-state index in [4.69, 9.17) is 4.74 Å². The van der Waals surface area contributed by atoms with Crippen molar-refractivity contribution < 1.29 is 9.53 Å². The van der Waals surface area contributed by atoms with Crippen molar-refractivity contribution in [1.82, 2.24) is 0 Å². The Morgan fingerprint density at radius 3 is 3.00 bits per heavy atom. The van der Waals surface area contributed by atoms with E-state index in [9.17, 15) is 4.79 Å². The third-order valence-corrected chi connectivity index (χ3v) is 2.99. The van der Waals surface area contributed by atoms with Crippen molar-refractivity contribution in [3.8, 4) is 0 Å². The zero-order valence-corrected chi connectivity index (χ0v) is 9.48. The highest BCUT2D eigenvalue weighted by molar-refractivity contribution is 5.89. The van der Waals surface area contributed by atoms with Crippen molar-refractivity contribution in [1.29, 1.82) is 0 Å². The lowest BCUT2D eigenvalue weighted by atomic mass is 9.88. The molecule has 0 heterocycles. The van der Waals surface area contributed by atoms with E-state index in [1.807, 2.05) is 12.1 Å². The van der Waals surface area contributed by atoms with Gasteiger partial charge < -0.3 is 4.74 Å². The van der Waals surface area contributed by atoms with Crippen molar-refractivity contribution in [2.45, 2.75) is 25.2 Å². The molecule has 2 rings (SSSR count). The molecule has 2 nitrogen and oxygen atoms in total. The maximum atomic E-state index is 11.4. The van der Waals surface area contributed by atoms with Crippen LogP contribution in [0.1, 0.15) is 41.1 Å². The summed E-state index contributed by atoms with van der Waals surface area (Å²) in [6.07, 6.45) is 8.02. The summed E-state index contributed by atoms with van der Waals surface area (Å²) in [5, 5.41) is 0. The quantitative estimate of drug-likeness (QED) is 0.560. The number of rotatable bonds is 2. The van der Waals surface area contributed by atoms with Crippen molar-refractivity contribution in [3.63, 3.8) is 0 Å². The SMILES string of the molecule is COC(=O)c1cccc(C2C=CCCC2)c1. The molecule has 0 saturated heterocycles. The number of esters is 1. The Morgan fingerprint density at radius 2 is 2.31 bits per heavy atom. The molecule has 1 aromatic rings. The molecule has 0 aromatic heterocycles. The van der Waals surface area contributed by atoms with Crippen LogP contribution in [-0.4, -0.2) is 13.1 Å². The zero-order chi connectivity index (χ0) is 11.4. The monoisotopic (exact) mass is 216 g/mol. The van der Waals surface area contributed by atoms with Crippen LogP contribution in [0.4, 0.5) is 0 Å². The molecule has 0 amide bonds. The van der Waals surface area contributed by atoms with Crippen molar-refractivity contribution in [2.75, 3.05) is 7.11 Å². The van der Waals surface area contributed by atoms with Gasteiger partial charge in [-0.15, -0.1) is 0 Å². The Morgan fingerprint density at radius 1 is 1.44 bits per heavy atom. The Hall–Kier alpha value is -1.57. The smallest absolute Gasteiger partial charge is 0.337 e. The van der Waals surface area contributed by atoms with Gasteiger partial charge in [0.05, 0.1) is 12.7 Å². The number of carbonyl (C=O) groups is 1. The van der Waals surface area contributed by atoms with Crippen LogP contribution in [0.15, 0.2) is 36.4 Å². The molecular formula is C14H16O2. The van der Waals surface area contributed by atoms with Gasteiger partial charge in [-0.1, -0.05) is 24.3 Å². The van der Waals surface area contributed by atoms with Crippen LogP contribution in [0.2, 0.25) is 0 Å². The largest absolute Gasteiger partial charge is 0.465 e. The molecule has 16 heavy (non-hydrogen) atoms. The van der Waals surface area contributed by atoms with E-state index < -0.39 is 0 Å². The third-order valence-electron chi connectivity index (χ3n) is 2.99. The number of ether oxygens (including phenoxy) is 1. The number of carbonyl (C=O) groups excluding carboxylic acids is 1. The van der Waals surface area contributed by atoms with Gasteiger partial charge in [0.2, 0.25) is 0 Å². The first-order valence-corrected chi connectivity index (χ1v) is 5.66. The van der Waals surface area contributed by atoms with E-state index in [1.165, 1.54) is 31.9 Å². The van der Waals surface area contributed by atoms with E-state index in [2.05, 4.69) is 18.2 Å². The lowest BCUT2D eigenvalue weighted by molar-refractivity contribution is 0.0600. The Kier molecular flexibility index (Phi) is 3.40.